The number of H-pyrrole nitrogens is 1. The van der Waals surface area contributed by atoms with E-state index in [1.54, 1.807) is 4.90 Å². The summed E-state index contributed by atoms with van der Waals surface area (Å²) in [7, 11) is 1.81. The maximum absolute atomic E-state index is 13.0. The normalized spacial score (nSPS) is 16.1. The van der Waals surface area contributed by atoms with Gasteiger partial charge in [-0.2, -0.15) is 0 Å². The lowest BCUT2D eigenvalue weighted by Gasteiger charge is -2.33. The minimum Gasteiger partial charge on any atom is -0.333 e. The van der Waals surface area contributed by atoms with Gasteiger partial charge in [-0.1, -0.05) is 42.5 Å². The highest BCUT2D eigenvalue weighted by molar-refractivity contribution is 5.92. The fraction of sp³-hybridized carbons (Fsp3) is 0.238. The highest BCUT2D eigenvalue weighted by Gasteiger charge is 2.28. The van der Waals surface area contributed by atoms with Crippen LogP contribution in [0.4, 0.5) is 0 Å². The number of hydrogen-bond acceptors (Lipinski definition) is 2. The van der Waals surface area contributed by atoms with Crippen molar-refractivity contribution in [3.8, 4) is 5.69 Å². The summed E-state index contributed by atoms with van der Waals surface area (Å²) in [6.45, 7) is 0. The Balaban J connectivity index is 1.64. The molecule has 0 bridgehead atoms. The van der Waals surface area contributed by atoms with E-state index in [1.807, 2.05) is 49.5 Å². The Hall–Kier alpha value is -3.08. The van der Waals surface area contributed by atoms with Gasteiger partial charge >= 0.3 is 0 Å². The second kappa shape index (κ2) is 6.67. The summed E-state index contributed by atoms with van der Waals surface area (Å²) in [5, 5.41) is 2.95. The van der Waals surface area contributed by atoms with Crippen molar-refractivity contribution in [2.45, 2.75) is 25.3 Å². The summed E-state index contributed by atoms with van der Waals surface area (Å²) in [5.41, 5.74) is 3.29. The molecule has 0 unspecified atom stereocenters. The van der Waals surface area contributed by atoms with Crippen molar-refractivity contribution in [2.75, 3.05) is 7.05 Å². The first-order valence-corrected chi connectivity index (χ1v) is 8.87. The monoisotopic (exact) mass is 347 g/mol. The predicted molar refractivity (Wildman–Crippen MR) is 101 cm³/mol. The number of aromatic amines is 1. The van der Waals surface area contributed by atoms with Crippen molar-refractivity contribution >= 4 is 5.91 Å². The van der Waals surface area contributed by atoms with Gasteiger partial charge in [-0.25, -0.2) is 4.68 Å². The topological polar surface area (TPSA) is 58.1 Å². The molecule has 0 radical (unpaired) electrons. The van der Waals surface area contributed by atoms with E-state index in [0.29, 0.717) is 11.4 Å². The molecule has 0 saturated heterocycles. The molecule has 1 aromatic heterocycles. The van der Waals surface area contributed by atoms with Crippen molar-refractivity contribution in [1.82, 2.24) is 14.7 Å². The molecule has 1 heterocycles. The molecule has 5 nitrogen and oxygen atoms in total. The third-order valence-corrected chi connectivity index (χ3v) is 5.09. The van der Waals surface area contributed by atoms with Crippen molar-refractivity contribution in [2.24, 2.45) is 0 Å². The molecule has 1 amide bonds. The van der Waals surface area contributed by atoms with Crippen LogP contribution in [0.5, 0.6) is 0 Å². The smallest absolute Gasteiger partial charge is 0.272 e. The molecule has 0 fully saturated rings. The van der Waals surface area contributed by atoms with Crippen LogP contribution >= 0.6 is 0 Å². The van der Waals surface area contributed by atoms with Crippen molar-refractivity contribution in [3.05, 3.63) is 87.8 Å². The highest BCUT2D eigenvalue weighted by Crippen LogP contribution is 2.33. The first kappa shape index (κ1) is 16.4. The number of rotatable bonds is 3. The Morgan fingerprint density at radius 2 is 1.85 bits per heavy atom. The van der Waals surface area contributed by atoms with Gasteiger partial charge < -0.3 is 4.90 Å². The van der Waals surface area contributed by atoms with Gasteiger partial charge in [0.25, 0.3) is 11.5 Å². The largest absolute Gasteiger partial charge is 0.333 e. The first-order valence-electron chi connectivity index (χ1n) is 8.87. The molecule has 1 aliphatic rings. The van der Waals surface area contributed by atoms with Crippen LogP contribution in [0.25, 0.3) is 5.69 Å². The summed E-state index contributed by atoms with van der Waals surface area (Å²) in [4.78, 5) is 27.0. The number of fused-ring (bicyclic) bond motifs is 1. The Morgan fingerprint density at radius 3 is 2.65 bits per heavy atom. The zero-order valence-corrected chi connectivity index (χ0v) is 14.7. The van der Waals surface area contributed by atoms with Crippen LogP contribution in [0.2, 0.25) is 0 Å². The maximum atomic E-state index is 13.0. The van der Waals surface area contributed by atoms with Crippen LogP contribution in [0.1, 0.15) is 40.5 Å². The Labute approximate surface area is 151 Å². The molecule has 0 aliphatic heterocycles. The van der Waals surface area contributed by atoms with E-state index in [2.05, 4.69) is 17.2 Å². The number of para-hydroxylation sites is 1. The number of carbonyl (C=O) groups excluding carboxylic acids is 1. The second-order valence-electron chi connectivity index (χ2n) is 6.70. The summed E-state index contributed by atoms with van der Waals surface area (Å²) in [5.74, 6) is -0.168. The zero-order chi connectivity index (χ0) is 18.1. The van der Waals surface area contributed by atoms with Gasteiger partial charge in [-0.05, 0) is 42.5 Å². The first-order chi connectivity index (χ1) is 12.6. The Bertz CT molecular complexity index is 988. The quantitative estimate of drug-likeness (QED) is 0.790. The number of carbonyl (C=O) groups is 1. The van der Waals surface area contributed by atoms with Gasteiger partial charge in [0, 0.05) is 13.1 Å². The van der Waals surface area contributed by atoms with Crippen LogP contribution in [0, 0.1) is 0 Å². The molecule has 26 heavy (non-hydrogen) atoms. The lowest BCUT2D eigenvalue weighted by molar-refractivity contribution is 0.0708. The number of aryl methyl sites for hydroxylation is 1. The van der Waals surface area contributed by atoms with Gasteiger partial charge in [0.15, 0.2) is 0 Å². The van der Waals surface area contributed by atoms with Gasteiger partial charge in [-0.15, -0.1) is 0 Å². The van der Waals surface area contributed by atoms with E-state index in [0.717, 1.165) is 19.3 Å². The molecule has 0 saturated carbocycles. The second-order valence-corrected chi connectivity index (χ2v) is 6.70. The Kier molecular flexibility index (Phi) is 4.21. The zero-order valence-electron chi connectivity index (χ0n) is 14.7. The molecule has 0 spiro atoms. The number of amides is 1. The van der Waals surface area contributed by atoms with E-state index in [4.69, 9.17) is 0 Å². The maximum Gasteiger partial charge on any atom is 0.272 e. The number of aromatic nitrogens is 2. The molecule has 1 aliphatic carbocycles. The van der Waals surface area contributed by atoms with Crippen LogP contribution in [-0.4, -0.2) is 27.6 Å². The lowest BCUT2D eigenvalue weighted by atomic mass is 9.87. The van der Waals surface area contributed by atoms with Crippen molar-refractivity contribution in [1.29, 1.82) is 0 Å². The Morgan fingerprint density at radius 1 is 1.12 bits per heavy atom. The van der Waals surface area contributed by atoms with Crippen LogP contribution < -0.4 is 5.56 Å². The van der Waals surface area contributed by atoms with Crippen LogP contribution in [-0.2, 0) is 6.42 Å². The standard InChI is InChI=1S/C21H21N3O2/c1-23(19-13-7-9-15-8-5-6-12-17(15)19)21(26)18-14-20(25)24(22-18)16-10-3-2-4-11-16/h2-6,8,10-12,14,19,22H,7,9,13H2,1H3/t19-/m1/s1. The molecule has 1 atom stereocenters. The molecule has 132 valence electrons. The number of hydrogen-bond donors (Lipinski definition) is 1. The van der Waals surface area contributed by atoms with Crippen LogP contribution in [0.3, 0.4) is 0 Å². The third kappa shape index (κ3) is 2.86. The average Bonchev–Trinajstić information content (AvgIpc) is 3.08. The third-order valence-electron chi connectivity index (χ3n) is 5.09. The molecule has 4 rings (SSSR count). The van der Waals surface area contributed by atoms with Crippen molar-refractivity contribution in [3.63, 3.8) is 0 Å². The van der Waals surface area contributed by atoms with E-state index >= 15 is 0 Å². The summed E-state index contributed by atoms with van der Waals surface area (Å²) < 4.78 is 1.40. The van der Waals surface area contributed by atoms with E-state index in [9.17, 15) is 9.59 Å². The molecule has 3 aromatic rings. The van der Waals surface area contributed by atoms with Gasteiger partial charge in [0.1, 0.15) is 5.69 Å². The number of benzene rings is 2. The van der Waals surface area contributed by atoms with Crippen molar-refractivity contribution < 1.29 is 4.79 Å². The van der Waals surface area contributed by atoms with E-state index in [1.165, 1.54) is 21.9 Å². The van der Waals surface area contributed by atoms with Gasteiger partial charge in [0.05, 0.1) is 11.7 Å². The molecule has 1 N–H and O–H groups in total. The highest BCUT2D eigenvalue weighted by atomic mass is 16.2. The van der Waals surface area contributed by atoms with E-state index < -0.39 is 0 Å². The van der Waals surface area contributed by atoms with E-state index in [-0.39, 0.29) is 17.5 Å². The SMILES string of the molecule is CN(C(=O)c1cc(=O)n(-c2ccccc2)[nH]1)[C@@H]1CCCc2ccccc21. The summed E-state index contributed by atoms with van der Waals surface area (Å²) in [6.07, 6.45) is 3.04. The molecular formula is C21H21N3O2. The minimum absolute atomic E-state index is 0.0380. The van der Waals surface area contributed by atoms with Gasteiger partial charge in [0.2, 0.25) is 0 Å². The van der Waals surface area contributed by atoms with Gasteiger partial charge in [-0.3, -0.25) is 14.7 Å². The summed E-state index contributed by atoms with van der Waals surface area (Å²) in [6, 6.07) is 19.0. The number of nitrogens with one attached hydrogen (secondary N) is 1. The predicted octanol–water partition coefficient (Wildman–Crippen LogP) is 3.32. The molecular weight excluding hydrogens is 326 g/mol. The minimum atomic E-state index is -0.239. The molecule has 2 aromatic carbocycles. The fourth-order valence-corrected chi connectivity index (χ4v) is 3.74. The summed E-state index contributed by atoms with van der Waals surface area (Å²) >= 11 is 0. The van der Waals surface area contributed by atoms with Crippen LogP contribution in [0.15, 0.2) is 65.5 Å². The average molecular weight is 347 g/mol. The molecule has 5 heteroatoms. The number of nitrogens with zero attached hydrogens (tertiary/aromatic N) is 2. The fourth-order valence-electron chi connectivity index (χ4n) is 3.74. The lowest BCUT2D eigenvalue weighted by Crippen LogP contribution is -2.33.